The van der Waals surface area contributed by atoms with Crippen LogP contribution in [0.25, 0.3) is 5.82 Å². The second-order valence-corrected chi connectivity index (χ2v) is 5.64. The number of aryl methyl sites for hydroxylation is 1. The number of nitrogens with zero attached hydrogens (tertiary/aromatic N) is 4. The summed E-state index contributed by atoms with van der Waals surface area (Å²) in [6.45, 7) is 4.94. The molecule has 25 heavy (non-hydrogen) atoms. The second-order valence-electron chi connectivity index (χ2n) is 5.64. The van der Waals surface area contributed by atoms with Gasteiger partial charge in [0.05, 0.1) is 17.5 Å². The molecular formula is C18H20N6O. The zero-order valence-corrected chi connectivity index (χ0v) is 14.2. The SMILES string of the molecule is Cc1ccnc(NCCNC(=O)c2cnn(-c3ccccn3)c2C)c1. The number of hydrogen-bond acceptors (Lipinski definition) is 5. The van der Waals surface area contributed by atoms with Crippen LogP contribution >= 0.6 is 0 Å². The third-order valence-electron chi connectivity index (χ3n) is 3.75. The van der Waals surface area contributed by atoms with Gasteiger partial charge in [-0.1, -0.05) is 6.07 Å². The molecular weight excluding hydrogens is 316 g/mol. The molecule has 0 aliphatic carbocycles. The quantitative estimate of drug-likeness (QED) is 0.674. The smallest absolute Gasteiger partial charge is 0.254 e. The predicted octanol–water partition coefficient (Wildman–Crippen LogP) is 2.12. The number of anilines is 1. The fourth-order valence-electron chi connectivity index (χ4n) is 2.44. The van der Waals surface area contributed by atoms with Crippen LogP contribution in [0.1, 0.15) is 21.6 Å². The molecule has 0 fully saturated rings. The summed E-state index contributed by atoms with van der Waals surface area (Å²) in [5.41, 5.74) is 2.43. The van der Waals surface area contributed by atoms with Gasteiger partial charge in [0.15, 0.2) is 5.82 Å². The molecule has 0 spiro atoms. The fraction of sp³-hybridized carbons (Fsp3) is 0.222. The number of carbonyl (C=O) groups is 1. The normalized spacial score (nSPS) is 10.5. The van der Waals surface area contributed by atoms with Gasteiger partial charge in [0, 0.05) is 25.5 Å². The third kappa shape index (κ3) is 4.00. The van der Waals surface area contributed by atoms with Crippen molar-refractivity contribution < 1.29 is 4.79 Å². The van der Waals surface area contributed by atoms with Crippen molar-refractivity contribution in [1.29, 1.82) is 0 Å². The van der Waals surface area contributed by atoms with E-state index in [4.69, 9.17) is 0 Å². The van der Waals surface area contributed by atoms with Gasteiger partial charge in [0.2, 0.25) is 0 Å². The van der Waals surface area contributed by atoms with Crippen molar-refractivity contribution in [1.82, 2.24) is 25.1 Å². The summed E-state index contributed by atoms with van der Waals surface area (Å²) in [6.07, 6.45) is 5.02. The van der Waals surface area contributed by atoms with Crippen LogP contribution in [0.15, 0.2) is 48.9 Å². The van der Waals surface area contributed by atoms with Gasteiger partial charge in [-0.05, 0) is 43.7 Å². The Labute approximate surface area is 146 Å². The molecule has 0 saturated heterocycles. The molecule has 3 heterocycles. The summed E-state index contributed by atoms with van der Waals surface area (Å²) in [5.74, 6) is 1.33. The largest absolute Gasteiger partial charge is 0.368 e. The lowest BCUT2D eigenvalue weighted by Crippen LogP contribution is -2.29. The van der Waals surface area contributed by atoms with E-state index in [1.165, 1.54) is 0 Å². The van der Waals surface area contributed by atoms with Crippen molar-refractivity contribution in [3.05, 3.63) is 65.7 Å². The summed E-state index contributed by atoms with van der Waals surface area (Å²) in [6, 6.07) is 9.47. The Bertz CT molecular complexity index is 859. The number of hydrogen-bond donors (Lipinski definition) is 2. The number of carbonyl (C=O) groups excluding carboxylic acids is 1. The molecule has 128 valence electrons. The summed E-state index contributed by atoms with van der Waals surface area (Å²) >= 11 is 0. The van der Waals surface area contributed by atoms with Gasteiger partial charge in [0.1, 0.15) is 5.82 Å². The van der Waals surface area contributed by atoms with Gasteiger partial charge in [-0.25, -0.2) is 14.6 Å². The van der Waals surface area contributed by atoms with Crippen molar-refractivity contribution in [3.8, 4) is 5.82 Å². The van der Waals surface area contributed by atoms with E-state index in [0.29, 0.717) is 24.5 Å². The summed E-state index contributed by atoms with van der Waals surface area (Å²) in [7, 11) is 0. The fourth-order valence-corrected chi connectivity index (χ4v) is 2.44. The van der Waals surface area contributed by atoms with E-state index in [-0.39, 0.29) is 5.91 Å². The minimum Gasteiger partial charge on any atom is -0.368 e. The van der Waals surface area contributed by atoms with E-state index in [9.17, 15) is 4.79 Å². The molecule has 7 nitrogen and oxygen atoms in total. The van der Waals surface area contributed by atoms with E-state index >= 15 is 0 Å². The van der Waals surface area contributed by atoms with Gasteiger partial charge < -0.3 is 10.6 Å². The third-order valence-corrected chi connectivity index (χ3v) is 3.75. The van der Waals surface area contributed by atoms with Crippen LogP contribution in [0.2, 0.25) is 0 Å². The Morgan fingerprint density at radius 3 is 2.76 bits per heavy atom. The molecule has 0 aromatic carbocycles. The maximum absolute atomic E-state index is 12.3. The van der Waals surface area contributed by atoms with E-state index in [0.717, 1.165) is 17.1 Å². The summed E-state index contributed by atoms with van der Waals surface area (Å²) in [4.78, 5) is 20.8. The molecule has 0 bridgehead atoms. The highest BCUT2D eigenvalue weighted by molar-refractivity contribution is 5.95. The van der Waals surface area contributed by atoms with Crippen LogP contribution < -0.4 is 10.6 Å². The molecule has 0 atom stereocenters. The van der Waals surface area contributed by atoms with Crippen LogP contribution in [0.4, 0.5) is 5.82 Å². The Morgan fingerprint density at radius 1 is 1.12 bits per heavy atom. The minimum absolute atomic E-state index is 0.154. The average Bonchev–Trinajstić information content (AvgIpc) is 3.01. The van der Waals surface area contributed by atoms with Crippen molar-refractivity contribution in [3.63, 3.8) is 0 Å². The lowest BCUT2D eigenvalue weighted by molar-refractivity contribution is 0.0954. The molecule has 0 saturated carbocycles. The number of nitrogens with one attached hydrogen (secondary N) is 2. The minimum atomic E-state index is -0.154. The monoisotopic (exact) mass is 336 g/mol. The van der Waals surface area contributed by atoms with Crippen molar-refractivity contribution >= 4 is 11.7 Å². The standard InChI is InChI=1S/C18H20N6O/c1-13-6-8-19-16(11-13)20-9-10-22-18(25)15-12-23-24(14(15)2)17-5-3-4-7-21-17/h3-8,11-12H,9-10H2,1-2H3,(H,19,20)(H,22,25). The number of aromatic nitrogens is 4. The number of amides is 1. The van der Waals surface area contributed by atoms with E-state index in [2.05, 4.69) is 25.7 Å². The van der Waals surface area contributed by atoms with Crippen LogP contribution in [0.3, 0.4) is 0 Å². The molecule has 7 heteroatoms. The number of rotatable bonds is 6. The molecule has 3 aromatic rings. The van der Waals surface area contributed by atoms with Gasteiger partial charge in [-0.3, -0.25) is 4.79 Å². The number of pyridine rings is 2. The summed E-state index contributed by atoms with van der Waals surface area (Å²) < 4.78 is 1.66. The van der Waals surface area contributed by atoms with E-state index in [1.54, 1.807) is 23.3 Å². The van der Waals surface area contributed by atoms with Crippen LogP contribution in [0, 0.1) is 13.8 Å². The molecule has 3 aromatic heterocycles. The predicted molar refractivity (Wildman–Crippen MR) is 95.9 cm³/mol. The highest BCUT2D eigenvalue weighted by Crippen LogP contribution is 2.12. The Kier molecular flexibility index (Phi) is 5.03. The van der Waals surface area contributed by atoms with Gasteiger partial charge >= 0.3 is 0 Å². The van der Waals surface area contributed by atoms with Gasteiger partial charge in [0.25, 0.3) is 5.91 Å². The van der Waals surface area contributed by atoms with Gasteiger partial charge in [-0.2, -0.15) is 5.10 Å². The van der Waals surface area contributed by atoms with Crippen molar-refractivity contribution in [2.45, 2.75) is 13.8 Å². The highest BCUT2D eigenvalue weighted by Gasteiger charge is 2.15. The molecule has 2 N–H and O–H groups in total. The zero-order valence-electron chi connectivity index (χ0n) is 14.2. The van der Waals surface area contributed by atoms with E-state index < -0.39 is 0 Å². The van der Waals surface area contributed by atoms with Crippen LogP contribution in [-0.2, 0) is 0 Å². The summed E-state index contributed by atoms with van der Waals surface area (Å²) in [5, 5.41) is 10.3. The van der Waals surface area contributed by atoms with Gasteiger partial charge in [-0.15, -0.1) is 0 Å². The highest BCUT2D eigenvalue weighted by atomic mass is 16.1. The molecule has 0 aliphatic heterocycles. The van der Waals surface area contributed by atoms with Crippen molar-refractivity contribution in [2.75, 3.05) is 18.4 Å². The van der Waals surface area contributed by atoms with Crippen LogP contribution in [0.5, 0.6) is 0 Å². The van der Waals surface area contributed by atoms with Crippen LogP contribution in [-0.4, -0.2) is 38.7 Å². The Hall–Kier alpha value is -3.22. The Morgan fingerprint density at radius 2 is 2.00 bits per heavy atom. The first-order valence-electron chi connectivity index (χ1n) is 8.06. The maximum Gasteiger partial charge on any atom is 0.254 e. The maximum atomic E-state index is 12.3. The topological polar surface area (TPSA) is 84.7 Å². The first-order valence-corrected chi connectivity index (χ1v) is 8.06. The molecule has 0 unspecified atom stereocenters. The zero-order chi connectivity index (χ0) is 17.6. The molecule has 0 radical (unpaired) electrons. The molecule has 1 amide bonds. The average molecular weight is 336 g/mol. The second kappa shape index (κ2) is 7.57. The van der Waals surface area contributed by atoms with E-state index in [1.807, 2.05) is 44.2 Å². The van der Waals surface area contributed by atoms with Crippen molar-refractivity contribution in [2.24, 2.45) is 0 Å². The first-order chi connectivity index (χ1) is 12.1. The molecule has 0 aliphatic rings. The lowest BCUT2D eigenvalue weighted by Gasteiger charge is -2.08. The lowest BCUT2D eigenvalue weighted by atomic mass is 10.2. The Balaban J connectivity index is 1.56. The molecule has 3 rings (SSSR count). The first kappa shape index (κ1) is 16.6.